The third-order valence-corrected chi connectivity index (χ3v) is 5.64. The molecule has 0 aliphatic heterocycles. The molecular formula is C20H24ClN3O3S. The zero-order chi connectivity index (χ0) is 20.3. The number of benzene rings is 1. The Kier molecular flexibility index (Phi) is 6.82. The summed E-state index contributed by atoms with van der Waals surface area (Å²) in [6, 6.07) is 7.15. The molecule has 0 aliphatic rings. The SMILES string of the molecule is CCC(C)OCCOc1ccnc(-c2nc3cc(Cl)ccc3n2[S+](C)[O-])c1C. The summed E-state index contributed by atoms with van der Waals surface area (Å²) in [6.07, 6.45) is 4.46. The number of imidazole rings is 1. The lowest BCUT2D eigenvalue weighted by Gasteiger charge is -2.14. The molecule has 3 rings (SSSR count). The molecule has 3 aromatic rings. The molecule has 0 N–H and O–H groups in total. The zero-order valence-electron chi connectivity index (χ0n) is 16.4. The Morgan fingerprint density at radius 1 is 1.29 bits per heavy atom. The fourth-order valence-electron chi connectivity index (χ4n) is 2.86. The van der Waals surface area contributed by atoms with Crippen molar-refractivity contribution in [2.75, 3.05) is 19.5 Å². The summed E-state index contributed by atoms with van der Waals surface area (Å²) in [4.78, 5) is 9.12. The zero-order valence-corrected chi connectivity index (χ0v) is 18.0. The van der Waals surface area contributed by atoms with E-state index in [1.807, 2.05) is 26.0 Å². The lowest BCUT2D eigenvalue weighted by atomic mass is 10.2. The third-order valence-electron chi connectivity index (χ3n) is 4.52. The molecule has 0 spiro atoms. The first kappa shape index (κ1) is 20.9. The van der Waals surface area contributed by atoms with Gasteiger partial charge in [0.1, 0.15) is 29.8 Å². The van der Waals surface area contributed by atoms with E-state index >= 15 is 0 Å². The number of pyridine rings is 1. The van der Waals surface area contributed by atoms with Crippen molar-refractivity contribution in [3.05, 3.63) is 41.0 Å². The Labute approximate surface area is 173 Å². The van der Waals surface area contributed by atoms with E-state index in [2.05, 4.69) is 16.9 Å². The minimum atomic E-state index is -1.31. The van der Waals surface area contributed by atoms with Crippen LogP contribution >= 0.6 is 11.6 Å². The Hall–Kier alpha value is -1.80. The molecule has 0 fully saturated rings. The van der Waals surface area contributed by atoms with Crippen molar-refractivity contribution in [1.29, 1.82) is 0 Å². The summed E-state index contributed by atoms with van der Waals surface area (Å²) in [7, 11) is 0. The maximum atomic E-state index is 12.4. The average molecular weight is 422 g/mol. The molecule has 2 atom stereocenters. The van der Waals surface area contributed by atoms with Gasteiger partial charge < -0.3 is 14.0 Å². The lowest BCUT2D eigenvalue weighted by Crippen LogP contribution is -2.14. The predicted molar refractivity (Wildman–Crippen MR) is 113 cm³/mol. The fourth-order valence-corrected chi connectivity index (χ4v) is 3.83. The van der Waals surface area contributed by atoms with Crippen LogP contribution in [0.2, 0.25) is 5.02 Å². The molecule has 28 heavy (non-hydrogen) atoms. The van der Waals surface area contributed by atoms with Gasteiger partial charge in [0.05, 0.1) is 29.6 Å². The van der Waals surface area contributed by atoms with Crippen molar-refractivity contribution >= 4 is 34.0 Å². The fraction of sp³-hybridized carbons (Fsp3) is 0.400. The van der Waals surface area contributed by atoms with Gasteiger partial charge in [-0.1, -0.05) is 18.5 Å². The van der Waals surface area contributed by atoms with E-state index < -0.39 is 11.4 Å². The smallest absolute Gasteiger partial charge is 0.206 e. The van der Waals surface area contributed by atoms with Crippen LogP contribution in [0.3, 0.4) is 0 Å². The largest absolute Gasteiger partial charge is 0.593 e. The second-order valence-corrected chi connectivity index (χ2v) is 8.16. The molecule has 8 heteroatoms. The molecule has 6 nitrogen and oxygen atoms in total. The van der Waals surface area contributed by atoms with Crippen molar-refractivity contribution < 1.29 is 14.0 Å². The second kappa shape index (κ2) is 9.13. The molecule has 0 aliphatic carbocycles. The van der Waals surface area contributed by atoms with Crippen molar-refractivity contribution in [2.24, 2.45) is 0 Å². The van der Waals surface area contributed by atoms with E-state index in [-0.39, 0.29) is 6.10 Å². The van der Waals surface area contributed by atoms with Gasteiger partial charge >= 0.3 is 0 Å². The lowest BCUT2D eigenvalue weighted by molar-refractivity contribution is 0.0425. The maximum absolute atomic E-state index is 12.4. The minimum Gasteiger partial charge on any atom is -0.593 e. The number of aromatic nitrogens is 3. The van der Waals surface area contributed by atoms with Gasteiger partial charge in [0, 0.05) is 16.8 Å². The van der Waals surface area contributed by atoms with Gasteiger partial charge in [0.2, 0.25) is 5.82 Å². The van der Waals surface area contributed by atoms with E-state index in [1.54, 1.807) is 28.6 Å². The average Bonchev–Trinajstić information content (AvgIpc) is 3.04. The van der Waals surface area contributed by atoms with Crippen molar-refractivity contribution in [1.82, 2.24) is 13.9 Å². The van der Waals surface area contributed by atoms with Crippen LogP contribution in [0.1, 0.15) is 25.8 Å². The van der Waals surface area contributed by atoms with Crippen molar-refractivity contribution in [2.45, 2.75) is 33.3 Å². The van der Waals surface area contributed by atoms with Gasteiger partial charge in [-0.25, -0.2) is 4.98 Å². The Bertz CT molecular complexity index is 961. The van der Waals surface area contributed by atoms with Gasteiger partial charge in [-0.3, -0.25) is 4.98 Å². The van der Waals surface area contributed by atoms with Crippen LogP contribution in [-0.4, -0.2) is 44.1 Å². The number of halogens is 1. The van der Waals surface area contributed by atoms with Gasteiger partial charge in [0.15, 0.2) is 0 Å². The summed E-state index contributed by atoms with van der Waals surface area (Å²) >= 11 is 4.78. The molecule has 2 unspecified atom stereocenters. The van der Waals surface area contributed by atoms with Gasteiger partial charge in [0.25, 0.3) is 0 Å². The summed E-state index contributed by atoms with van der Waals surface area (Å²) in [5.74, 6) is 1.23. The van der Waals surface area contributed by atoms with E-state index in [0.717, 1.165) is 17.5 Å². The van der Waals surface area contributed by atoms with Crippen LogP contribution in [0.4, 0.5) is 0 Å². The first-order valence-electron chi connectivity index (χ1n) is 9.14. The summed E-state index contributed by atoms with van der Waals surface area (Å²) in [5, 5.41) is 0.577. The van der Waals surface area contributed by atoms with Crippen LogP contribution in [0.15, 0.2) is 30.5 Å². The molecule has 0 saturated carbocycles. The number of fused-ring (bicyclic) bond motifs is 1. The molecule has 0 saturated heterocycles. The standard InChI is InChI=1S/C20H24ClN3O3S/c1-5-13(2)26-10-11-27-18-8-9-22-19(14(18)3)20-23-16-12-15(21)6-7-17(16)24(20)28(4)25/h6-9,12-13H,5,10-11H2,1-4H3. The normalized spacial score (nSPS) is 13.6. The Balaban J connectivity index is 1.93. The topological polar surface area (TPSA) is 72.2 Å². The van der Waals surface area contributed by atoms with Crippen LogP contribution in [0.5, 0.6) is 5.75 Å². The summed E-state index contributed by atoms with van der Waals surface area (Å²) in [6.45, 7) is 7.00. The molecule has 1 aromatic carbocycles. The monoisotopic (exact) mass is 421 g/mol. The van der Waals surface area contributed by atoms with Gasteiger partial charge in [-0.05, 0) is 44.5 Å². The van der Waals surface area contributed by atoms with E-state index in [9.17, 15) is 4.55 Å². The second-order valence-electron chi connectivity index (χ2n) is 6.51. The predicted octanol–water partition coefficient (Wildman–Crippen LogP) is 4.40. The van der Waals surface area contributed by atoms with Crippen molar-refractivity contribution in [3.8, 4) is 17.3 Å². The van der Waals surface area contributed by atoms with E-state index in [4.69, 9.17) is 21.1 Å². The molecular weight excluding hydrogens is 398 g/mol. The molecule has 150 valence electrons. The van der Waals surface area contributed by atoms with Crippen LogP contribution in [0, 0.1) is 6.92 Å². The first-order valence-corrected chi connectivity index (χ1v) is 11.0. The van der Waals surface area contributed by atoms with Crippen LogP contribution < -0.4 is 4.74 Å². The Morgan fingerprint density at radius 3 is 2.79 bits per heavy atom. The number of hydrogen-bond acceptors (Lipinski definition) is 5. The van der Waals surface area contributed by atoms with E-state index in [1.165, 1.54) is 0 Å². The quantitative estimate of drug-likeness (QED) is 0.398. The minimum absolute atomic E-state index is 0.212. The highest BCUT2D eigenvalue weighted by molar-refractivity contribution is 7.89. The Morgan fingerprint density at radius 2 is 2.07 bits per heavy atom. The molecule has 2 heterocycles. The first-order chi connectivity index (χ1) is 13.4. The maximum Gasteiger partial charge on any atom is 0.206 e. The highest BCUT2D eigenvalue weighted by Gasteiger charge is 2.23. The molecule has 0 amide bonds. The van der Waals surface area contributed by atoms with E-state index in [0.29, 0.717) is 41.0 Å². The molecule has 0 radical (unpaired) electrons. The number of hydrogen-bond donors (Lipinski definition) is 0. The number of rotatable bonds is 8. The van der Waals surface area contributed by atoms with Crippen LogP contribution in [0.25, 0.3) is 22.6 Å². The van der Waals surface area contributed by atoms with Gasteiger partial charge in [-0.2, -0.15) is 0 Å². The van der Waals surface area contributed by atoms with Crippen LogP contribution in [-0.2, 0) is 16.1 Å². The molecule has 0 bridgehead atoms. The third kappa shape index (κ3) is 4.43. The number of ether oxygens (including phenoxy) is 2. The summed E-state index contributed by atoms with van der Waals surface area (Å²) in [5.41, 5.74) is 2.88. The summed E-state index contributed by atoms with van der Waals surface area (Å²) < 4.78 is 25.6. The van der Waals surface area contributed by atoms with Gasteiger partial charge in [-0.15, -0.1) is 3.97 Å². The highest BCUT2D eigenvalue weighted by atomic mass is 35.5. The number of nitrogens with zero attached hydrogens (tertiary/aromatic N) is 3. The van der Waals surface area contributed by atoms with Crippen molar-refractivity contribution in [3.63, 3.8) is 0 Å². The molecule has 2 aromatic heterocycles. The highest BCUT2D eigenvalue weighted by Crippen LogP contribution is 2.31.